The Bertz CT molecular complexity index is 1640. The lowest BCUT2D eigenvalue weighted by Crippen LogP contribution is -2.37. The van der Waals surface area contributed by atoms with Crippen LogP contribution >= 0.6 is 7.82 Å². The van der Waals surface area contributed by atoms with E-state index in [4.69, 9.17) is 18.5 Å². The zero-order chi connectivity index (χ0) is 70.4. The summed E-state index contributed by atoms with van der Waals surface area (Å²) in [7, 11) is 1.20. The average molecular weight is 1390 g/mol. The van der Waals surface area contributed by atoms with Crippen LogP contribution in [-0.2, 0) is 32.7 Å². The molecule has 0 rings (SSSR count). The summed E-state index contributed by atoms with van der Waals surface area (Å²) < 4.78 is 34.5. The number of nitrogens with zero attached hydrogens (tertiary/aromatic N) is 1. The summed E-state index contributed by atoms with van der Waals surface area (Å²) in [6.45, 7) is 4.35. The molecule has 10 heteroatoms. The van der Waals surface area contributed by atoms with Crippen molar-refractivity contribution in [2.75, 3.05) is 47.5 Å². The number of hydrogen-bond donors (Lipinski definition) is 0. The highest BCUT2D eigenvalue weighted by atomic mass is 31.2. The van der Waals surface area contributed by atoms with Crippen LogP contribution in [0.25, 0.3) is 0 Å². The smallest absolute Gasteiger partial charge is 0.306 e. The van der Waals surface area contributed by atoms with Crippen molar-refractivity contribution < 1.29 is 42.1 Å². The third kappa shape index (κ3) is 83.6. The number of quaternary nitrogens is 1. The number of phosphoric acid groups is 1. The third-order valence-corrected chi connectivity index (χ3v) is 21.5. The van der Waals surface area contributed by atoms with E-state index in [1.54, 1.807) is 0 Å². The van der Waals surface area contributed by atoms with Crippen LogP contribution in [0.1, 0.15) is 483 Å². The van der Waals surface area contributed by atoms with Crippen LogP contribution in [0.4, 0.5) is 0 Å². The second-order valence-corrected chi connectivity index (χ2v) is 33.0. The second-order valence-electron chi connectivity index (χ2n) is 31.6. The molecule has 0 aromatic carbocycles. The molecule has 0 N–H and O–H groups in total. The molecule has 0 aliphatic carbocycles. The van der Waals surface area contributed by atoms with Gasteiger partial charge in [0.2, 0.25) is 0 Å². The molecule has 0 radical (unpaired) electrons. The maximum atomic E-state index is 12.9. The molecule has 0 aromatic rings. The first-order valence-corrected chi connectivity index (χ1v) is 45.4. The summed E-state index contributed by atoms with van der Waals surface area (Å²) >= 11 is 0. The lowest BCUT2D eigenvalue weighted by atomic mass is 10.0. The number of phosphoric ester groups is 1. The van der Waals surface area contributed by atoms with Gasteiger partial charge in [-0.1, -0.05) is 443 Å². The minimum Gasteiger partial charge on any atom is -0.756 e. The fourth-order valence-corrected chi connectivity index (χ4v) is 14.6. The number of esters is 2. The fraction of sp³-hybridized carbons (Fsp3) is 0.954. The highest BCUT2D eigenvalue weighted by Crippen LogP contribution is 2.38. The van der Waals surface area contributed by atoms with Crippen LogP contribution in [0, 0.1) is 0 Å². The van der Waals surface area contributed by atoms with Gasteiger partial charge in [0, 0.05) is 12.8 Å². The number of carbonyl (C=O) groups excluding carboxylic acids is 2. The minimum absolute atomic E-state index is 0.0252. The van der Waals surface area contributed by atoms with E-state index < -0.39 is 26.5 Å². The summed E-state index contributed by atoms with van der Waals surface area (Å²) in [5.74, 6) is -0.800. The Morgan fingerprint density at radius 3 is 0.763 bits per heavy atom. The predicted molar refractivity (Wildman–Crippen MR) is 421 cm³/mol. The molecule has 0 saturated heterocycles. The number of unbranched alkanes of at least 4 members (excludes halogenated alkanes) is 68. The normalized spacial score (nSPS) is 12.9. The van der Waals surface area contributed by atoms with E-state index in [9.17, 15) is 19.0 Å². The Morgan fingerprint density at radius 2 is 0.526 bits per heavy atom. The van der Waals surface area contributed by atoms with Gasteiger partial charge in [0.25, 0.3) is 7.82 Å². The van der Waals surface area contributed by atoms with Crippen LogP contribution in [0.15, 0.2) is 12.2 Å². The van der Waals surface area contributed by atoms with Gasteiger partial charge < -0.3 is 27.9 Å². The van der Waals surface area contributed by atoms with E-state index in [-0.39, 0.29) is 32.0 Å². The van der Waals surface area contributed by atoms with Crippen molar-refractivity contribution in [1.29, 1.82) is 0 Å². The molecular formula is C87H172NO8P. The van der Waals surface area contributed by atoms with E-state index in [0.29, 0.717) is 17.4 Å². The maximum absolute atomic E-state index is 12.9. The van der Waals surface area contributed by atoms with Crippen molar-refractivity contribution in [3.05, 3.63) is 12.2 Å². The monoisotopic (exact) mass is 1390 g/mol. The van der Waals surface area contributed by atoms with Gasteiger partial charge in [0.1, 0.15) is 19.8 Å². The molecule has 0 aliphatic rings. The second kappa shape index (κ2) is 78.9. The maximum Gasteiger partial charge on any atom is 0.306 e. The molecule has 0 spiro atoms. The van der Waals surface area contributed by atoms with Gasteiger partial charge in [0.15, 0.2) is 6.10 Å². The Hall–Kier alpha value is -1.25. The topological polar surface area (TPSA) is 111 Å². The largest absolute Gasteiger partial charge is 0.756 e. The fourth-order valence-electron chi connectivity index (χ4n) is 13.8. The zero-order valence-electron chi connectivity index (χ0n) is 66.3. The van der Waals surface area contributed by atoms with E-state index in [0.717, 1.165) is 32.1 Å². The molecule has 0 saturated carbocycles. The van der Waals surface area contributed by atoms with Crippen molar-refractivity contribution in [2.24, 2.45) is 0 Å². The number of rotatable bonds is 84. The summed E-state index contributed by atoms with van der Waals surface area (Å²) in [5.41, 5.74) is 0. The Labute approximate surface area is 607 Å². The first-order valence-electron chi connectivity index (χ1n) is 43.9. The lowest BCUT2D eigenvalue weighted by Gasteiger charge is -2.28. The summed E-state index contributed by atoms with van der Waals surface area (Å²) in [6.07, 6.45) is 101. The van der Waals surface area contributed by atoms with Gasteiger partial charge in [-0.2, -0.15) is 0 Å². The van der Waals surface area contributed by atoms with Crippen LogP contribution in [0.2, 0.25) is 0 Å². The number of likely N-dealkylation sites (N-methyl/N-ethyl adjacent to an activating group) is 1. The van der Waals surface area contributed by atoms with Crippen molar-refractivity contribution >= 4 is 19.8 Å². The van der Waals surface area contributed by atoms with Gasteiger partial charge in [-0.25, -0.2) is 0 Å². The average Bonchev–Trinajstić information content (AvgIpc) is 1.69. The lowest BCUT2D eigenvalue weighted by molar-refractivity contribution is -0.870. The highest BCUT2D eigenvalue weighted by molar-refractivity contribution is 7.45. The SMILES string of the molecule is CCCCCCCCCC/C=C\CCCCCCCCCCCCCCCCCCCCCCCCCCCCCCCC(=O)OC(COC(=O)CCCCCCCCCCCCCCCCCCCCCCCCCCCCCCCCCC)COP(=O)([O-])OCC[N+](C)(C)C. The number of hydrogen-bond acceptors (Lipinski definition) is 8. The number of carbonyl (C=O) groups is 2. The molecule has 0 fully saturated rings. The van der Waals surface area contributed by atoms with Crippen LogP contribution in [0.3, 0.4) is 0 Å². The standard InChI is InChI=1S/C87H172NO8P/c1-6-8-10-12-14-16-18-20-22-24-26-28-30-32-34-36-38-40-41-42-43-44-45-46-47-48-50-52-54-56-58-60-62-64-66-68-70-72-74-76-78-80-87(90)96-85(84-95-97(91,92)94-82-81-88(3,4)5)83-93-86(89)79-77-75-73-71-69-67-65-63-61-59-57-55-53-51-49-39-37-35-33-31-29-27-25-23-21-19-17-15-13-11-9-7-2/h24,26,85H,6-23,25,27-84H2,1-5H3/b26-24-. The summed E-state index contributed by atoms with van der Waals surface area (Å²) in [6, 6.07) is 0. The van der Waals surface area contributed by atoms with Crippen LogP contribution in [-0.4, -0.2) is 70.0 Å². The molecule has 0 aliphatic heterocycles. The molecule has 0 aromatic heterocycles. The van der Waals surface area contributed by atoms with E-state index >= 15 is 0 Å². The van der Waals surface area contributed by atoms with Gasteiger partial charge in [-0.3, -0.25) is 14.2 Å². The van der Waals surface area contributed by atoms with E-state index in [2.05, 4.69) is 26.0 Å². The van der Waals surface area contributed by atoms with Crippen LogP contribution < -0.4 is 4.89 Å². The molecule has 2 atom stereocenters. The first-order chi connectivity index (χ1) is 47.5. The Morgan fingerprint density at radius 1 is 0.309 bits per heavy atom. The van der Waals surface area contributed by atoms with Gasteiger partial charge in [-0.05, 0) is 38.5 Å². The molecule has 97 heavy (non-hydrogen) atoms. The minimum atomic E-state index is -4.64. The molecule has 0 amide bonds. The van der Waals surface area contributed by atoms with Gasteiger partial charge in [-0.15, -0.1) is 0 Å². The van der Waals surface area contributed by atoms with Crippen molar-refractivity contribution in [2.45, 2.75) is 489 Å². The quantitative estimate of drug-likeness (QED) is 0.0195. The molecule has 2 unspecified atom stereocenters. The van der Waals surface area contributed by atoms with Gasteiger partial charge >= 0.3 is 11.9 Å². The van der Waals surface area contributed by atoms with Crippen LogP contribution in [0.5, 0.6) is 0 Å². The highest BCUT2D eigenvalue weighted by Gasteiger charge is 2.22. The zero-order valence-corrected chi connectivity index (χ0v) is 67.2. The molecule has 578 valence electrons. The van der Waals surface area contributed by atoms with Crippen molar-refractivity contribution in [3.63, 3.8) is 0 Å². The molecule has 0 heterocycles. The Kier molecular flexibility index (Phi) is 77.9. The first kappa shape index (κ1) is 95.8. The van der Waals surface area contributed by atoms with Crippen molar-refractivity contribution in [3.8, 4) is 0 Å². The molecule has 0 bridgehead atoms. The summed E-state index contributed by atoms with van der Waals surface area (Å²) in [5, 5.41) is 0. The third-order valence-electron chi connectivity index (χ3n) is 20.5. The van der Waals surface area contributed by atoms with Crippen molar-refractivity contribution in [1.82, 2.24) is 0 Å². The van der Waals surface area contributed by atoms with Gasteiger partial charge in [0.05, 0.1) is 27.7 Å². The molecular weight excluding hydrogens is 1220 g/mol. The van der Waals surface area contributed by atoms with E-state index in [1.165, 1.54) is 417 Å². The predicted octanol–water partition coefficient (Wildman–Crippen LogP) is 28.7. The summed E-state index contributed by atoms with van der Waals surface area (Å²) in [4.78, 5) is 38.2. The molecule has 9 nitrogen and oxygen atoms in total. The Balaban J connectivity index is 3.83. The number of allylic oxidation sites excluding steroid dienone is 2. The van der Waals surface area contributed by atoms with E-state index in [1.807, 2.05) is 21.1 Å². The number of ether oxygens (including phenoxy) is 2.